The molecule has 0 spiro atoms. The number of carbonyl (C=O) groups is 1. The second-order valence-corrected chi connectivity index (χ2v) is 11.3. The Kier molecular flexibility index (Phi) is 8.14. The molecular weight excluding hydrogens is 585 g/mol. The van der Waals surface area contributed by atoms with E-state index in [9.17, 15) is 22.4 Å². The number of piperidine rings is 1. The van der Waals surface area contributed by atoms with Crippen molar-refractivity contribution in [3.05, 3.63) is 134 Å². The molecule has 0 aromatic heterocycles. The monoisotopic (exact) mass is 605 g/mol. The molecule has 40 heavy (non-hydrogen) atoms. The summed E-state index contributed by atoms with van der Waals surface area (Å²) in [6.07, 6.45) is 0.826. The van der Waals surface area contributed by atoms with Crippen molar-refractivity contribution in [1.82, 2.24) is 0 Å². The Morgan fingerprint density at radius 2 is 1.25 bits per heavy atom. The van der Waals surface area contributed by atoms with E-state index in [-0.39, 0.29) is 23.8 Å². The van der Waals surface area contributed by atoms with E-state index >= 15 is 0 Å². The van der Waals surface area contributed by atoms with Crippen LogP contribution in [0, 0.1) is 28.7 Å². The summed E-state index contributed by atoms with van der Waals surface area (Å²) in [6, 6.07) is 18.4. The van der Waals surface area contributed by atoms with Crippen molar-refractivity contribution >= 4 is 46.4 Å². The van der Waals surface area contributed by atoms with Crippen molar-refractivity contribution in [3.63, 3.8) is 0 Å². The van der Waals surface area contributed by atoms with Crippen molar-refractivity contribution in [2.24, 2.45) is 5.41 Å². The Bertz CT molecular complexity index is 1520. The standard InChI is InChI=1S/C31H22Cl3F4NO/c32-21-5-3-20(4-6-21)28-11-12-31(16-18-1-8-24(35)26(37)13-18,17-19-2-9-25(36)27(38)14-19)30(40)39(28)29-10-7-22(33)15-23(29)34/h1-10,13-15,28H,11-12,16-17H2. The normalized spacial score (nSPS) is 16.8. The fraction of sp³-hybridized carbons (Fsp3) is 0.194. The number of benzene rings is 4. The van der Waals surface area contributed by atoms with Crippen LogP contribution in [0.4, 0.5) is 23.2 Å². The second-order valence-electron chi connectivity index (χ2n) is 10.0. The lowest BCUT2D eigenvalue weighted by Gasteiger charge is -2.47. The molecule has 1 atom stereocenters. The molecule has 1 heterocycles. The molecule has 5 rings (SSSR count). The number of amides is 1. The molecule has 1 unspecified atom stereocenters. The first-order chi connectivity index (χ1) is 19.1. The fourth-order valence-electron chi connectivity index (χ4n) is 5.47. The van der Waals surface area contributed by atoms with Gasteiger partial charge in [0.05, 0.1) is 22.2 Å². The third-order valence-corrected chi connectivity index (χ3v) is 8.15. The van der Waals surface area contributed by atoms with Crippen LogP contribution in [-0.2, 0) is 17.6 Å². The molecule has 9 heteroatoms. The Hall–Kier alpha value is -3.06. The number of halogens is 7. The first-order valence-corrected chi connectivity index (χ1v) is 13.6. The van der Waals surface area contributed by atoms with Gasteiger partial charge in [-0.1, -0.05) is 59.1 Å². The van der Waals surface area contributed by atoms with E-state index in [0.717, 1.165) is 29.8 Å². The summed E-state index contributed by atoms with van der Waals surface area (Å²) < 4.78 is 55.9. The highest BCUT2D eigenvalue weighted by atomic mass is 35.5. The number of hydrogen-bond acceptors (Lipinski definition) is 1. The van der Waals surface area contributed by atoms with Gasteiger partial charge in [0, 0.05) is 10.0 Å². The second kappa shape index (κ2) is 11.4. The molecule has 1 aliphatic rings. The molecule has 1 fully saturated rings. The average molecular weight is 607 g/mol. The van der Waals surface area contributed by atoms with Crippen molar-refractivity contribution in [1.29, 1.82) is 0 Å². The number of rotatable bonds is 6. The van der Waals surface area contributed by atoms with Gasteiger partial charge < -0.3 is 4.90 Å². The zero-order valence-electron chi connectivity index (χ0n) is 20.9. The van der Waals surface area contributed by atoms with Crippen LogP contribution in [0.2, 0.25) is 15.1 Å². The molecule has 4 aromatic rings. The van der Waals surface area contributed by atoms with Crippen LogP contribution in [0.5, 0.6) is 0 Å². The Labute approximate surface area is 244 Å². The van der Waals surface area contributed by atoms with Crippen molar-refractivity contribution in [3.8, 4) is 0 Å². The summed E-state index contributed by atoms with van der Waals surface area (Å²) in [7, 11) is 0. The van der Waals surface area contributed by atoms with Gasteiger partial charge in [0.1, 0.15) is 0 Å². The van der Waals surface area contributed by atoms with Gasteiger partial charge in [0.25, 0.3) is 0 Å². The fourth-order valence-corrected chi connectivity index (χ4v) is 6.10. The minimum atomic E-state index is -1.22. The summed E-state index contributed by atoms with van der Waals surface area (Å²) >= 11 is 18.9. The lowest BCUT2D eigenvalue weighted by atomic mass is 9.68. The average Bonchev–Trinajstić information content (AvgIpc) is 2.91. The minimum absolute atomic E-state index is 0.0249. The Morgan fingerprint density at radius 1 is 0.700 bits per heavy atom. The van der Waals surface area contributed by atoms with E-state index in [1.54, 1.807) is 29.2 Å². The highest BCUT2D eigenvalue weighted by Gasteiger charge is 2.48. The van der Waals surface area contributed by atoms with Gasteiger partial charge in [0.2, 0.25) is 5.91 Å². The number of anilines is 1. The van der Waals surface area contributed by atoms with Crippen molar-refractivity contribution < 1.29 is 22.4 Å². The zero-order valence-corrected chi connectivity index (χ0v) is 23.2. The predicted molar refractivity (Wildman–Crippen MR) is 150 cm³/mol. The van der Waals surface area contributed by atoms with Crippen LogP contribution in [0.15, 0.2) is 78.9 Å². The maximum Gasteiger partial charge on any atom is 0.234 e. The third-order valence-electron chi connectivity index (χ3n) is 7.36. The van der Waals surface area contributed by atoms with Gasteiger partial charge in [0.15, 0.2) is 23.3 Å². The van der Waals surface area contributed by atoms with E-state index < -0.39 is 34.7 Å². The molecule has 0 N–H and O–H groups in total. The molecule has 0 radical (unpaired) electrons. The Morgan fingerprint density at radius 3 is 1.77 bits per heavy atom. The minimum Gasteiger partial charge on any atom is -0.303 e. The highest BCUT2D eigenvalue weighted by molar-refractivity contribution is 6.37. The van der Waals surface area contributed by atoms with Gasteiger partial charge in [-0.2, -0.15) is 0 Å². The maximum atomic E-state index is 14.7. The Balaban J connectivity index is 1.65. The quantitative estimate of drug-likeness (QED) is 0.200. The zero-order chi connectivity index (χ0) is 28.6. The topological polar surface area (TPSA) is 20.3 Å². The molecule has 2 nitrogen and oxygen atoms in total. The van der Waals surface area contributed by atoms with Crippen molar-refractivity contribution in [2.45, 2.75) is 31.7 Å². The molecule has 1 amide bonds. The van der Waals surface area contributed by atoms with Crippen LogP contribution >= 0.6 is 34.8 Å². The number of hydrogen-bond donors (Lipinski definition) is 0. The SMILES string of the molecule is O=C1N(c2ccc(Cl)cc2Cl)C(c2ccc(Cl)cc2)CCC1(Cc1ccc(F)c(F)c1)Cc1ccc(F)c(F)c1. The summed E-state index contributed by atoms with van der Waals surface area (Å²) in [5.74, 6) is -4.45. The molecule has 206 valence electrons. The van der Waals surface area contributed by atoms with Gasteiger partial charge in [-0.3, -0.25) is 4.79 Å². The first-order valence-electron chi connectivity index (χ1n) is 12.5. The predicted octanol–water partition coefficient (Wildman–Crippen LogP) is 9.54. The van der Waals surface area contributed by atoms with Gasteiger partial charge in [-0.25, -0.2) is 17.6 Å². The first kappa shape index (κ1) is 28.5. The third kappa shape index (κ3) is 5.71. The maximum absolute atomic E-state index is 14.7. The van der Waals surface area contributed by atoms with Crippen LogP contribution in [0.25, 0.3) is 0 Å². The van der Waals surface area contributed by atoms with Gasteiger partial charge in [-0.15, -0.1) is 0 Å². The lowest BCUT2D eigenvalue weighted by Crippen LogP contribution is -2.52. The molecule has 1 saturated heterocycles. The largest absolute Gasteiger partial charge is 0.303 e. The van der Waals surface area contributed by atoms with Crippen LogP contribution < -0.4 is 4.90 Å². The van der Waals surface area contributed by atoms with Crippen LogP contribution in [0.3, 0.4) is 0 Å². The van der Waals surface area contributed by atoms with Crippen LogP contribution in [-0.4, -0.2) is 5.91 Å². The highest BCUT2D eigenvalue weighted by Crippen LogP contribution is 2.48. The van der Waals surface area contributed by atoms with Crippen LogP contribution in [0.1, 0.15) is 35.6 Å². The summed E-state index contributed by atoms with van der Waals surface area (Å²) in [4.78, 5) is 16.3. The van der Waals surface area contributed by atoms with Gasteiger partial charge >= 0.3 is 0 Å². The van der Waals surface area contributed by atoms with Gasteiger partial charge in [-0.05, 0) is 97.0 Å². The summed E-state index contributed by atoms with van der Waals surface area (Å²) in [5, 5.41) is 1.17. The van der Waals surface area contributed by atoms with E-state index in [0.29, 0.717) is 39.7 Å². The molecule has 0 aliphatic carbocycles. The smallest absolute Gasteiger partial charge is 0.234 e. The number of nitrogens with zero attached hydrogens (tertiary/aromatic N) is 1. The molecule has 4 aromatic carbocycles. The van der Waals surface area contributed by atoms with E-state index in [2.05, 4.69) is 0 Å². The molecular formula is C31H22Cl3F4NO. The summed E-state index contributed by atoms with van der Waals surface area (Å²) in [5.41, 5.74) is 0.790. The molecule has 0 saturated carbocycles. The van der Waals surface area contributed by atoms with E-state index in [1.807, 2.05) is 12.1 Å². The summed E-state index contributed by atoms with van der Waals surface area (Å²) in [6.45, 7) is 0. The number of carbonyl (C=O) groups excluding carboxylic acids is 1. The molecule has 0 bridgehead atoms. The lowest BCUT2D eigenvalue weighted by molar-refractivity contribution is -0.131. The van der Waals surface area contributed by atoms with E-state index in [4.69, 9.17) is 34.8 Å². The van der Waals surface area contributed by atoms with Crippen molar-refractivity contribution in [2.75, 3.05) is 4.90 Å². The van der Waals surface area contributed by atoms with E-state index in [1.165, 1.54) is 18.2 Å². The molecule has 1 aliphatic heterocycles.